The Kier molecular flexibility index (Phi) is 3.57. The van der Waals surface area contributed by atoms with Gasteiger partial charge in [-0.3, -0.25) is 9.59 Å². The minimum atomic E-state index is -0.311. The van der Waals surface area contributed by atoms with E-state index in [1.165, 1.54) is 6.26 Å². The number of carbonyl (C=O) groups is 2. The van der Waals surface area contributed by atoms with E-state index in [0.717, 1.165) is 0 Å². The molecular weight excluding hydrogens is 230 g/mol. The number of rotatable bonds is 4. The molecule has 0 saturated carbocycles. The first-order valence-corrected chi connectivity index (χ1v) is 5.69. The standard InChI is InChI=1S/C14H13NO3/c1-2-12(16)10-5-7-11(8-6-10)15-14(17)13-4-3-9-18-13/h3-9H,2H2,1H3,(H,15,17). The number of furan rings is 1. The number of nitrogens with one attached hydrogen (secondary N) is 1. The summed E-state index contributed by atoms with van der Waals surface area (Å²) in [7, 11) is 0. The SMILES string of the molecule is CCC(=O)c1ccc(NC(=O)c2ccco2)cc1. The van der Waals surface area contributed by atoms with Crippen LogP contribution in [0.3, 0.4) is 0 Å². The first kappa shape index (κ1) is 12.1. The van der Waals surface area contributed by atoms with Gasteiger partial charge in [-0.2, -0.15) is 0 Å². The molecule has 18 heavy (non-hydrogen) atoms. The lowest BCUT2D eigenvalue weighted by molar-refractivity contribution is 0.0984. The minimum Gasteiger partial charge on any atom is -0.459 e. The van der Waals surface area contributed by atoms with Crippen LogP contribution in [0.1, 0.15) is 34.3 Å². The number of amides is 1. The van der Waals surface area contributed by atoms with Crippen molar-refractivity contribution < 1.29 is 14.0 Å². The summed E-state index contributed by atoms with van der Waals surface area (Å²) in [5.74, 6) is 0.0252. The third-order valence-electron chi connectivity index (χ3n) is 2.53. The molecule has 0 bridgehead atoms. The molecule has 2 aromatic rings. The normalized spacial score (nSPS) is 10.1. The Morgan fingerprint density at radius 1 is 1.17 bits per heavy atom. The molecule has 4 heteroatoms. The van der Waals surface area contributed by atoms with Gasteiger partial charge in [0.25, 0.3) is 5.91 Å². The number of ketones is 1. The molecule has 1 aromatic heterocycles. The molecule has 0 fully saturated rings. The van der Waals surface area contributed by atoms with Gasteiger partial charge in [-0.1, -0.05) is 6.92 Å². The van der Waals surface area contributed by atoms with Crippen molar-refractivity contribution in [2.75, 3.05) is 5.32 Å². The summed E-state index contributed by atoms with van der Waals surface area (Å²) in [6.45, 7) is 1.81. The van der Waals surface area contributed by atoms with Crippen molar-refractivity contribution in [2.24, 2.45) is 0 Å². The molecule has 0 atom stereocenters. The van der Waals surface area contributed by atoms with Crippen LogP contribution in [0.5, 0.6) is 0 Å². The highest BCUT2D eigenvalue weighted by Crippen LogP contribution is 2.12. The van der Waals surface area contributed by atoms with Crippen LogP contribution in [-0.4, -0.2) is 11.7 Å². The van der Waals surface area contributed by atoms with Crippen LogP contribution in [0, 0.1) is 0 Å². The maximum absolute atomic E-state index is 11.7. The summed E-state index contributed by atoms with van der Waals surface area (Å²) in [6.07, 6.45) is 1.91. The molecule has 92 valence electrons. The zero-order valence-electron chi connectivity index (χ0n) is 9.97. The van der Waals surface area contributed by atoms with Crippen molar-refractivity contribution in [3.63, 3.8) is 0 Å². The van der Waals surface area contributed by atoms with Crippen molar-refractivity contribution in [1.82, 2.24) is 0 Å². The molecule has 0 saturated heterocycles. The maximum Gasteiger partial charge on any atom is 0.291 e. The third kappa shape index (κ3) is 2.66. The first-order valence-electron chi connectivity index (χ1n) is 5.69. The van der Waals surface area contributed by atoms with E-state index in [1.54, 1.807) is 36.4 Å². The lowest BCUT2D eigenvalue weighted by atomic mass is 10.1. The van der Waals surface area contributed by atoms with Crippen molar-refractivity contribution in [3.05, 3.63) is 54.0 Å². The van der Waals surface area contributed by atoms with E-state index in [2.05, 4.69) is 5.32 Å². The van der Waals surface area contributed by atoms with Crippen LogP contribution in [0.2, 0.25) is 0 Å². The van der Waals surface area contributed by atoms with Crippen LogP contribution < -0.4 is 5.32 Å². The molecule has 0 aliphatic heterocycles. The molecule has 1 heterocycles. The van der Waals surface area contributed by atoms with Crippen LogP contribution in [-0.2, 0) is 0 Å². The first-order chi connectivity index (χ1) is 8.70. The summed E-state index contributed by atoms with van der Waals surface area (Å²) in [4.78, 5) is 23.1. The molecule has 1 N–H and O–H groups in total. The number of Topliss-reactive ketones (excluding diaryl/α,β-unsaturated/α-hetero) is 1. The van der Waals surface area contributed by atoms with Gasteiger partial charge in [0.1, 0.15) is 0 Å². The summed E-state index contributed by atoms with van der Waals surface area (Å²) in [5.41, 5.74) is 1.28. The number of hydrogen-bond acceptors (Lipinski definition) is 3. The highest BCUT2D eigenvalue weighted by atomic mass is 16.3. The van der Waals surface area contributed by atoms with Gasteiger partial charge in [-0.25, -0.2) is 0 Å². The predicted molar refractivity (Wildman–Crippen MR) is 67.7 cm³/mol. The van der Waals surface area contributed by atoms with Gasteiger partial charge in [-0.05, 0) is 36.4 Å². The van der Waals surface area contributed by atoms with Crippen LogP contribution in [0.4, 0.5) is 5.69 Å². The second-order valence-electron chi connectivity index (χ2n) is 3.79. The highest BCUT2D eigenvalue weighted by Gasteiger charge is 2.09. The Morgan fingerprint density at radius 2 is 1.89 bits per heavy atom. The molecule has 0 aliphatic rings. The fourth-order valence-electron chi connectivity index (χ4n) is 1.54. The van der Waals surface area contributed by atoms with Crippen molar-refractivity contribution in [3.8, 4) is 0 Å². The summed E-state index contributed by atoms with van der Waals surface area (Å²) < 4.78 is 4.98. The van der Waals surface area contributed by atoms with Crippen LogP contribution in [0.25, 0.3) is 0 Å². The third-order valence-corrected chi connectivity index (χ3v) is 2.53. The van der Waals surface area contributed by atoms with Gasteiger partial charge in [0.05, 0.1) is 6.26 Å². The monoisotopic (exact) mass is 243 g/mol. The molecule has 1 amide bonds. The van der Waals surface area contributed by atoms with Gasteiger partial charge in [-0.15, -0.1) is 0 Å². The van der Waals surface area contributed by atoms with Gasteiger partial charge in [0.15, 0.2) is 11.5 Å². The zero-order valence-corrected chi connectivity index (χ0v) is 9.97. The van der Waals surface area contributed by atoms with Gasteiger partial charge in [0, 0.05) is 17.7 Å². The second-order valence-corrected chi connectivity index (χ2v) is 3.79. The van der Waals surface area contributed by atoms with E-state index < -0.39 is 0 Å². The molecule has 0 spiro atoms. The Bertz CT molecular complexity index is 541. The van der Waals surface area contributed by atoms with E-state index in [1.807, 2.05) is 6.92 Å². The second kappa shape index (κ2) is 5.31. The topological polar surface area (TPSA) is 59.3 Å². The summed E-state index contributed by atoms with van der Waals surface area (Å²) in [5, 5.41) is 2.68. The van der Waals surface area contributed by atoms with Gasteiger partial charge >= 0.3 is 0 Å². The quantitative estimate of drug-likeness (QED) is 0.839. The molecular formula is C14H13NO3. The molecule has 0 unspecified atom stereocenters. The smallest absolute Gasteiger partial charge is 0.291 e. The van der Waals surface area contributed by atoms with Crippen LogP contribution >= 0.6 is 0 Å². The van der Waals surface area contributed by atoms with E-state index in [-0.39, 0.29) is 17.5 Å². The number of benzene rings is 1. The molecule has 0 radical (unpaired) electrons. The predicted octanol–water partition coefficient (Wildman–Crippen LogP) is 3.12. The largest absolute Gasteiger partial charge is 0.459 e. The Labute approximate surface area is 105 Å². The summed E-state index contributed by atoms with van der Waals surface area (Å²) in [6, 6.07) is 10.0. The fourth-order valence-corrected chi connectivity index (χ4v) is 1.54. The number of hydrogen-bond donors (Lipinski definition) is 1. The van der Waals surface area contributed by atoms with Crippen molar-refractivity contribution in [1.29, 1.82) is 0 Å². The van der Waals surface area contributed by atoms with E-state index in [4.69, 9.17) is 4.42 Å². The van der Waals surface area contributed by atoms with Crippen molar-refractivity contribution >= 4 is 17.4 Å². The Morgan fingerprint density at radius 3 is 2.44 bits per heavy atom. The van der Waals surface area contributed by atoms with E-state index in [0.29, 0.717) is 17.7 Å². The lowest BCUT2D eigenvalue weighted by Gasteiger charge is -2.04. The number of carbonyl (C=O) groups excluding carboxylic acids is 2. The molecule has 4 nitrogen and oxygen atoms in total. The Balaban J connectivity index is 2.07. The lowest BCUT2D eigenvalue weighted by Crippen LogP contribution is -2.10. The van der Waals surface area contributed by atoms with Gasteiger partial charge in [0.2, 0.25) is 0 Å². The molecule has 2 rings (SSSR count). The minimum absolute atomic E-state index is 0.0823. The van der Waals surface area contributed by atoms with Crippen LogP contribution in [0.15, 0.2) is 47.1 Å². The summed E-state index contributed by atoms with van der Waals surface area (Å²) >= 11 is 0. The fraction of sp³-hybridized carbons (Fsp3) is 0.143. The van der Waals surface area contributed by atoms with Gasteiger partial charge < -0.3 is 9.73 Å². The molecule has 0 aliphatic carbocycles. The van der Waals surface area contributed by atoms with E-state index >= 15 is 0 Å². The molecule has 1 aromatic carbocycles. The highest BCUT2D eigenvalue weighted by molar-refractivity contribution is 6.02. The maximum atomic E-state index is 11.7. The number of anilines is 1. The van der Waals surface area contributed by atoms with Crippen molar-refractivity contribution in [2.45, 2.75) is 13.3 Å². The van der Waals surface area contributed by atoms with E-state index in [9.17, 15) is 9.59 Å². The average Bonchev–Trinajstić information content (AvgIpc) is 2.92. The average molecular weight is 243 g/mol. The zero-order chi connectivity index (χ0) is 13.0. The Hall–Kier alpha value is -2.36.